The summed E-state index contributed by atoms with van der Waals surface area (Å²) in [4.78, 5) is 1.34. The average molecular weight is 249 g/mol. The molecule has 0 bridgehead atoms. The number of benzene rings is 1. The normalized spacial score (nSPS) is 18.5. The van der Waals surface area contributed by atoms with Gasteiger partial charge >= 0.3 is 0 Å². The molecule has 1 aliphatic rings. The van der Waals surface area contributed by atoms with E-state index in [1.807, 2.05) is 0 Å². The molecular weight excluding hydrogens is 226 g/mol. The van der Waals surface area contributed by atoms with Gasteiger partial charge in [0.25, 0.3) is 0 Å². The van der Waals surface area contributed by atoms with Crippen LogP contribution in [0.25, 0.3) is 0 Å². The minimum Gasteiger partial charge on any atom is -0.310 e. The summed E-state index contributed by atoms with van der Waals surface area (Å²) < 4.78 is 0. The van der Waals surface area contributed by atoms with Gasteiger partial charge < -0.3 is 5.32 Å². The summed E-state index contributed by atoms with van der Waals surface area (Å²) in [5.41, 5.74) is 1.40. The van der Waals surface area contributed by atoms with E-state index >= 15 is 0 Å². The van der Waals surface area contributed by atoms with Crippen LogP contribution in [0.1, 0.15) is 38.2 Å². The topological polar surface area (TPSA) is 12.0 Å². The minimum atomic E-state index is 0.665. The van der Waals surface area contributed by atoms with Crippen LogP contribution in [-0.4, -0.2) is 12.3 Å². The third kappa shape index (κ3) is 3.75. The Morgan fingerprint density at radius 3 is 2.47 bits per heavy atom. The first kappa shape index (κ1) is 13.0. The Bertz CT molecular complexity index is 327. The van der Waals surface area contributed by atoms with Crippen molar-refractivity contribution in [1.82, 2.24) is 5.32 Å². The molecule has 2 heteroatoms. The van der Waals surface area contributed by atoms with E-state index in [1.165, 1.54) is 36.1 Å². The van der Waals surface area contributed by atoms with Crippen LogP contribution in [0.5, 0.6) is 0 Å². The standard InChI is InChI=1S/C15H23NS/c1-12(14-5-3-4-6-14)16-11-13-7-9-15(17-2)10-8-13/h7-10,12,14,16H,3-6,11H2,1-2H3/t12-/m1/s1. The van der Waals surface area contributed by atoms with Crippen LogP contribution in [0, 0.1) is 5.92 Å². The fourth-order valence-electron chi connectivity index (χ4n) is 2.65. The molecule has 1 saturated carbocycles. The molecule has 1 N–H and O–H groups in total. The van der Waals surface area contributed by atoms with E-state index < -0.39 is 0 Å². The van der Waals surface area contributed by atoms with Gasteiger partial charge in [-0.1, -0.05) is 25.0 Å². The zero-order valence-corrected chi connectivity index (χ0v) is 11.7. The summed E-state index contributed by atoms with van der Waals surface area (Å²) in [6, 6.07) is 9.56. The molecule has 0 aromatic heterocycles. The van der Waals surface area contributed by atoms with Crippen LogP contribution in [0.3, 0.4) is 0 Å². The van der Waals surface area contributed by atoms with Gasteiger partial charge in [-0.25, -0.2) is 0 Å². The molecule has 1 aromatic rings. The minimum absolute atomic E-state index is 0.665. The fraction of sp³-hybridized carbons (Fsp3) is 0.600. The second-order valence-electron chi connectivity index (χ2n) is 5.06. The molecule has 0 amide bonds. The molecule has 0 spiro atoms. The first-order chi connectivity index (χ1) is 8.29. The molecule has 0 unspecified atom stereocenters. The number of nitrogens with one attached hydrogen (secondary N) is 1. The lowest BCUT2D eigenvalue weighted by Crippen LogP contribution is -2.31. The Kier molecular flexibility index (Phi) is 4.93. The van der Waals surface area contributed by atoms with E-state index in [9.17, 15) is 0 Å². The Labute approximate surface area is 109 Å². The van der Waals surface area contributed by atoms with Gasteiger partial charge in [0.1, 0.15) is 0 Å². The lowest BCUT2D eigenvalue weighted by molar-refractivity contribution is 0.380. The molecule has 1 aliphatic carbocycles. The van der Waals surface area contributed by atoms with Gasteiger partial charge in [0, 0.05) is 17.5 Å². The van der Waals surface area contributed by atoms with E-state index in [0.717, 1.165) is 12.5 Å². The predicted octanol–water partition coefficient (Wildman–Crippen LogP) is 4.08. The number of thioether (sulfide) groups is 1. The van der Waals surface area contributed by atoms with Crippen LogP contribution >= 0.6 is 11.8 Å². The molecule has 0 aliphatic heterocycles. The maximum atomic E-state index is 3.67. The van der Waals surface area contributed by atoms with E-state index in [4.69, 9.17) is 0 Å². The second kappa shape index (κ2) is 6.46. The van der Waals surface area contributed by atoms with E-state index in [0.29, 0.717) is 6.04 Å². The van der Waals surface area contributed by atoms with E-state index in [1.54, 1.807) is 11.8 Å². The quantitative estimate of drug-likeness (QED) is 0.789. The third-order valence-electron chi connectivity index (χ3n) is 3.89. The molecular formula is C15H23NS. The van der Waals surface area contributed by atoms with Crippen LogP contribution in [0.15, 0.2) is 29.2 Å². The molecule has 1 aromatic carbocycles. The monoisotopic (exact) mass is 249 g/mol. The van der Waals surface area contributed by atoms with Crippen molar-refractivity contribution in [2.75, 3.05) is 6.26 Å². The molecule has 17 heavy (non-hydrogen) atoms. The van der Waals surface area contributed by atoms with Crippen molar-refractivity contribution in [3.05, 3.63) is 29.8 Å². The molecule has 0 saturated heterocycles. The maximum absolute atomic E-state index is 3.67. The largest absolute Gasteiger partial charge is 0.310 e. The van der Waals surface area contributed by atoms with Gasteiger partial charge in [-0.3, -0.25) is 0 Å². The van der Waals surface area contributed by atoms with Crippen LogP contribution in [0.2, 0.25) is 0 Å². The molecule has 94 valence electrons. The molecule has 1 atom stereocenters. The average Bonchev–Trinajstić information content (AvgIpc) is 2.90. The molecule has 1 nitrogen and oxygen atoms in total. The highest BCUT2D eigenvalue weighted by Crippen LogP contribution is 2.27. The zero-order chi connectivity index (χ0) is 12.1. The number of hydrogen-bond acceptors (Lipinski definition) is 2. The Balaban J connectivity index is 1.80. The number of rotatable bonds is 5. The lowest BCUT2D eigenvalue weighted by atomic mass is 9.99. The van der Waals surface area contributed by atoms with E-state index in [-0.39, 0.29) is 0 Å². The van der Waals surface area contributed by atoms with Crippen LogP contribution in [0.4, 0.5) is 0 Å². The van der Waals surface area contributed by atoms with Gasteiger partial charge in [0.2, 0.25) is 0 Å². The summed E-state index contributed by atoms with van der Waals surface area (Å²) in [5.74, 6) is 0.903. The Morgan fingerprint density at radius 1 is 1.24 bits per heavy atom. The van der Waals surface area contributed by atoms with Crippen molar-refractivity contribution >= 4 is 11.8 Å². The van der Waals surface area contributed by atoms with Crippen LogP contribution in [-0.2, 0) is 6.54 Å². The summed E-state index contributed by atoms with van der Waals surface area (Å²) in [7, 11) is 0. The highest BCUT2D eigenvalue weighted by atomic mass is 32.2. The highest BCUT2D eigenvalue weighted by Gasteiger charge is 2.20. The summed E-state index contributed by atoms with van der Waals surface area (Å²) >= 11 is 1.80. The highest BCUT2D eigenvalue weighted by molar-refractivity contribution is 7.98. The Hall–Kier alpha value is -0.470. The van der Waals surface area contributed by atoms with Crippen molar-refractivity contribution in [1.29, 1.82) is 0 Å². The van der Waals surface area contributed by atoms with E-state index in [2.05, 4.69) is 42.8 Å². The predicted molar refractivity (Wildman–Crippen MR) is 76.5 cm³/mol. The van der Waals surface area contributed by atoms with Crippen molar-refractivity contribution in [3.8, 4) is 0 Å². The molecule has 0 radical (unpaired) electrons. The van der Waals surface area contributed by atoms with Crippen LogP contribution < -0.4 is 5.32 Å². The first-order valence-electron chi connectivity index (χ1n) is 6.66. The lowest BCUT2D eigenvalue weighted by Gasteiger charge is -2.20. The maximum Gasteiger partial charge on any atom is 0.0208 e. The van der Waals surface area contributed by atoms with Crippen molar-refractivity contribution in [2.24, 2.45) is 5.92 Å². The first-order valence-corrected chi connectivity index (χ1v) is 7.88. The van der Waals surface area contributed by atoms with Gasteiger partial charge in [-0.2, -0.15) is 0 Å². The zero-order valence-electron chi connectivity index (χ0n) is 10.9. The smallest absolute Gasteiger partial charge is 0.0208 e. The van der Waals surface area contributed by atoms with Crippen molar-refractivity contribution in [3.63, 3.8) is 0 Å². The number of hydrogen-bond donors (Lipinski definition) is 1. The third-order valence-corrected chi connectivity index (χ3v) is 4.64. The van der Waals surface area contributed by atoms with Crippen molar-refractivity contribution < 1.29 is 0 Å². The van der Waals surface area contributed by atoms with Gasteiger partial charge in [-0.15, -0.1) is 11.8 Å². The molecule has 2 rings (SSSR count). The fourth-order valence-corrected chi connectivity index (χ4v) is 3.05. The molecule has 0 heterocycles. The molecule has 1 fully saturated rings. The summed E-state index contributed by atoms with van der Waals surface area (Å²) in [5, 5.41) is 3.67. The second-order valence-corrected chi connectivity index (χ2v) is 5.94. The Morgan fingerprint density at radius 2 is 1.88 bits per heavy atom. The SMILES string of the molecule is CSc1ccc(CN[C@H](C)C2CCCC2)cc1. The summed E-state index contributed by atoms with van der Waals surface area (Å²) in [6.07, 6.45) is 7.81. The summed E-state index contributed by atoms with van der Waals surface area (Å²) in [6.45, 7) is 3.35. The van der Waals surface area contributed by atoms with Gasteiger partial charge in [0.05, 0.1) is 0 Å². The van der Waals surface area contributed by atoms with Gasteiger partial charge in [0.15, 0.2) is 0 Å². The van der Waals surface area contributed by atoms with Gasteiger partial charge in [-0.05, 0) is 49.6 Å². The van der Waals surface area contributed by atoms with Crippen molar-refractivity contribution in [2.45, 2.75) is 50.1 Å².